The van der Waals surface area contributed by atoms with Gasteiger partial charge in [0.05, 0.1) is 19.6 Å². The summed E-state index contributed by atoms with van der Waals surface area (Å²) in [6.07, 6.45) is 4.89. The van der Waals surface area contributed by atoms with Crippen molar-refractivity contribution in [1.29, 1.82) is 0 Å². The molecular weight excluding hydrogens is 777 g/mol. The summed E-state index contributed by atoms with van der Waals surface area (Å²) in [5.74, 6) is 0. The molecule has 0 aliphatic carbocycles. The minimum absolute atomic E-state index is 0. The first-order valence-electron chi connectivity index (χ1n) is 12.4. The average Bonchev–Trinajstić information content (AvgIpc) is 2.93. The molecule has 0 aliphatic heterocycles. The van der Waals surface area contributed by atoms with Crippen LogP contribution in [0.15, 0.2) is 105 Å². The van der Waals surface area contributed by atoms with Crippen LogP contribution in [0.3, 0.4) is 0 Å². The van der Waals surface area contributed by atoms with Crippen molar-refractivity contribution in [2.75, 3.05) is 11.5 Å². The predicted molar refractivity (Wildman–Crippen MR) is 164 cm³/mol. The van der Waals surface area contributed by atoms with E-state index in [4.69, 9.17) is 11.5 Å². The summed E-state index contributed by atoms with van der Waals surface area (Å²) in [5, 5.41) is 0. The van der Waals surface area contributed by atoms with Gasteiger partial charge in [-0.3, -0.25) is 0 Å². The Morgan fingerprint density at radius 1 is 0.380 bits per heavy atom. The topological polar surface area (TPSA) is 281 Å². The fraction of sp³-hybridized carbons (Fsp3) is 0. The summed E-state index contributed by atoms with van der Waals surface area (Å²) in [4.78, 5) is -2.10. The SMILES string of the molecule is Nc1cccc(C=Cc2ccccc2S(=O)(=O)[O-])c1S(=O)(=O)[O-].Nc1cccc(C=Cc2ccccc2S(=O)(=O)[O-])c1S(=O)(=O)[O-].[Na+].[Na+].[Na+].[Na+]. The van der Waals surface area contributed by atoms with Gasteiger partial charge < -0.3 is 29.7 Å². The summed E-state index contributed by atoms with van der Waals surface area (Å²) >= 11 is 0. The second kappa shape index (κ2) is 21.5. The van der Waals surface area contributed by atoms with E-state index in [0.717, 1.165) is 12.1 Å². The molecule has 0 heterocycles. The monoisotopic (exact) mass is 798 g/mol. The van der Waals surface area contributed by atoms with E-state index in [0.29, 0.717) is 0 Å². The minimum Gasteiger partial charge on any atom is -0.744 e. The van der Waals surface area contributed by atoms with Gasteiger partial charge in [-0.2, -0.15) is 0 Å². The maximum atomic E-state index is 11.3. The molecule has 0 unspecified atom stereocenters. The van der Waals surface area contributed by atoms with Crippen LogP contribution in [0.1, 0.15) is 22.3 Å². The third kappa shape index (κ3) is 14.8. The number of hydrogen-bond acceptors (Lipinski definition) is 14. The van der Waals surface area contributed by atoms with Gasteiger partial charge in [0.1, 0.15) is 40.5 Å². The van der Waals surface area contributed by atoms with Crippen molar-refractivity contribution in [1.82, 2.24) is 0 Å². The fourth-order valence-electron chi connectivity index (χ4n) is 4.04. The Morgan fingerprint density at radius 2 is 0.640 bits per heavy atom. The number of hydrogen-bond donors (Lipinski definition) is 2. The molecule has 0 saturated heterocycles. The third-order valence-electron chi connectivity index (χ3n) is 5.91. The van der Waals surface area contributed by atoms with Gasteiger partial charge in [0, 0.05) is 11.4 Å². The molecule has 0 radical (unpaired) electrons. The second-order valence-corrected chi connectivity index (χ2v) is 14.4. The van der Waals surface area contributed by atoms with Crippen LogP contribution in [-0.2, 0) is 40.5 Å². The van der Waals surface area contributed by atoms with E-state index in [1.54, 1.807) is 0 Å². The molecule has 0 bridgehead atoms. The molecule has 0 fully saturated rings. The summed E-state index contributed by atoms with van der Waals surface area (Å²) in [6.45, 7) is 0. The molecule has 0 aromatic heterocycles. The van der Waals surface area contributed by atoms with Crippen LogP contribution in [0.25, 0.3) is 24.3 Å². The summed E-state index contributed by atoms with van der Waals surface area (Å²) in [5.41, 5.74) is 10.7. The van der Waals surface area contributed by atoms with Gasteiger partial charge in [0.25, 0.3) is 0 Å². The Kier molecular flexibility index (Phi) is 22.2. The second-order valence-electron chi connectivity index (χ2n) is 9.09. The maximum absolute atomic E-state index is 11.3. The van der Waals surface area contributed by atoms with Crippen molar-refractivity contribution in [3.63, 3.8) is 0 Å². The van der Waals surface area contributed by atoms with Crippen LogP contribution >= 0.6 is 0 Å². The van der Waals surface area contributed by atoms with E-state index in [-0.39, 0.29) is 152 Å². The number of nitrogen functional groups attached to an aromatic ring is 2. The van der Waals surface area contributed by atoms with Gasteiger partial charge in [-0.05, 0) is 46.5 Å². The molecule has 50 heavy (non-hydrogen) atoms. The van der Waals surface area contributed by atoms with Crippen molar-refractivity contribution in [3.8, 4) is 0 Å². The molecule has 14 nitrogen and oxygen atoms in total. The number of anilines is 2. The molecule has 0 saturated carbocycles. The molecule has 244 valence electrons. The molecule has 0 atom stereocenters. The molecule has 4 rings (SSSR count). The van der Waals surface area contributed by atoms with E-state index in [1.807, 2.05) is 0 Å². The van der Waals surface area contributed by atoms with Gasteiger partial charge >= 0.3 is 118 Å². The standard InChI is InChI=1S/2C14H13NO6S2.4Na/c2*15-12-6-3-5-11(14(12)23(19,20)21)9-8-10-4-1-2-7-13(10)22(16,17)18;;;;/h2*1-9H,15H2,(H,16,17,18)(H,19,20,21);;;;/q;;4*+1/p-4. The smallest absolute Gasteiger partial charge is 0.744 e. The number of nitrogens with two attached hydrogens (primary N) is 2. The molecule has 0 spiro atoms. The van der Waals surface area contributed by atoms with Gasteiger partial charge in [-0.15, -0.1) is 0 Å². The molecule has 4 aromatic carbocycles. The molecular formula is C28H22N2Na4O12S4. The fourth-order valence-corrected chi connectivity index (χ4v) is 6.94. The summed E-state index contributed by atoms with van der Waals surface area (Å²) in [6, 6.07) is 18.9. The zero-order valence-corrected chi connectivity index (χ0v) is 38.3. The Bertz CT molecular complexity index is 2140. The zero-order valence-electron chi connectivity index (χ0n) is 27.1. The van der Waals surface area contributed by atoms with Crippen LogP contribution in [0.2, 0.25) is 0 Å². The zero-order chi connectivity index (χ0) is 34.5. The van der Waals surface area contributed by atoms with Gasteiger partial charge in [-0.1, -0.05) is 85.0 Å². The quantitative estimate of drug-likeness (QED) is 0.0725. The summed E-state index contributed by atoms with van der Waals surface area (Å²) in [7, 11) is -19.0. The molecule has 22 heteroatoms. The average molecular weight is 799 g/mol. The van der Waals surface area contributed by atoms with E-state index in [9.17, 15) is 51.9 Å². The van der Waals surface area contributed by atoms with Crippen molar-refractivity contribution in [3.05, 3.63) is 107 Å². The van der Waals surface area contributed by atoms with E-state index < -0.39 is 60.1 Å². The van der Waals surface area contributed by atoms with Crippen LogP contribution in [0, 0.1) is 0 Å². The molecule has 0 amide bonds. The molecule has 4 N–H and O–H groups in total. The van der Waals surface area contributed by atoms with E-state index in [1.165, 1.54) is 97.1 Å². The first-order chi connectivity index (χ1) is 21.2. The van der Waals surface area contributed by atoms with Crippen LogP contribution in [-0.4, -0.2) is 51.9 Å². The molecule has 4 aromatic rings. The minimum atomic E-state index is -4.81. The predicted octanol–water partition coefficient (Wildman–Crippen LogP) is -9.49. The van der Waals surface area contributed by atoms with E-state index in [2.05, 4.69) is 0 Å². The van der Waals surface area contributed by atoms with Crippen molar-refractivity contribution in [2.24, 2.45) is 0 Å². The largest absolute Gasteiger partial charge is 1.00 e. The Morgan fingerprint density at radius 3 is 0.920 bits per heavy atom. The van der Waals surface area contributed by atoms with Crippen LogP contribution < -0.4 is 130 Å². The normalized spacial score (nSPS) is 11.6. The Hall–Kier alpha value is -0.400. The van der Waals surface area contributed by atoms with Crippen LogP contribution in [0.5, 0.6) is 0 Å². The first kappa shape index (κ1) is 51.7. The van der Waals surface area contributed by atoms with Crippen LogP contribution in [0.4, 0.5) is 11.4 Å². The van der Waals surface area contributed by atoms with Crippen molar-refractivity contribution in [2.45, 2.75) is 19.6 Å². The Balaban J connectivity index is 0. The third-order valence-corrected chi connectivity index (χ3v) is 9.68. The first-order valence-corrected chi connectivity index (χ1v) is 18.0. The van der Waals surface area contributed by atoms with Gasteiger partial charge in [0.15, 0.2) is 0 Å². The summed E-state index contributed by atoms with van der Waals surface area (Å²) < 4.78 is 135. The van der Waals surface area contributed by atoms with Gasteiger partial charge in [-0.25, -0.2) is 33.7 Å². The van der Waals surface area contributed by atoms with Gasteiger partial charge in [0.2, 0.25) is 0 Å². The van der Waals surface area contributed by atoms with Crippen molar-refractivity contribution >= 4 is 76.2 Å². The number of benzene rings is 4. The van der Waals surface area contributed by atoms with E-state index >= 15 is 0 Å². The maximum Gasteiger partial charge on any atom is 1.00 e. The number of rotatable bonds is 8. The van der Waals surface area contributed by atoms with Crippen molar-refractivity contribution < 1.29 is 170 Å². The molecule has 0 aliphatic rings. The Labute approximate surface area is 379 Å².